The van der Waals surface area contributed by atoms with Crippen LogP contribution in [-0.4, -0.2) is 30.4 Å². The fourth-order valence-electron chi connectivity index (χ4n) is 2.84. The largest absolute Gasteiger partial charge is 0.464 e. The lowest BCUT2D eigenvalue weighted by molar-refractivity contribution is -0.151. The molecule has 0 atom stereocenters. The summed E-state index contributed by atoms with van der Waals surface area (Å²) < 4.78 is 10.6. The maximum Gasteiger partial charge on any atom is 0.310 e. The average molecular weight is 365 g/mol. The summed E-state index contributed by atoms with van der Waals surface area (Å²) in [4.78, 5) is 25.9. The molecule has 0 radical (unpaired) electrons. The Morgan fingerprint density at radius 3 is 2.48 bits per heavy atom. The summed E-state index contributed by atoms with van der Waals surface area (Å²) in [7, 11) is 1.70. The summed E-state index contributed by atoms with van der Waals surface area (Å²) in [6.07, 6.45) is 1.64. The van der Waals surface area contributed by atoms with Crippen LogP contribution in [0.15, 0.2) is 53.1 Å². The topological polar surface area (TPSA) is 59.8 Å². The smallest absolute Gasteiger partial charge is 0.310 e. The van der Waals surface area contributed by atoms with Crippen LogP contribution in [0.5, 0.6) is 0 Å². The van der Waals surface area contributed by atoms with E-state index in [1.807, 2.05) is 56.3 Å². The quantitative estimate of drug-likeness (QED) is 0.624. The zero-order valence-electron chi connectivity index (χ0n) is 15.8. The molecule has 0 saturated carbocycles. The SMILES string of the molecule is Cc1ccc(CN(C)C(=O)COC(=O)Cc2coc3cc(C)ccc23)cc1. The molecule has 1 heterocycles. The lowest BCUT2D eigenvalue weighted by atomic mass is 10.1. The first-order valence-corrected chi connectivity index (χ1v) is 8.84. The van der Waals surface area contributed by atoms with Gasteiger partial charge < -0.3 is 14.1 Å². The van der Waals surface area contributed by atoms with Crippen LogP contribution < -0.4 is 0 Å². The van der Waals surface area contributed by atoms with Crippen LogP contribution in [0, 0.1) is 13.8 Å². The average Bonchev–Trinajstić information content (AvgIpc) is 3.03. The van der Waals surface area contributed by atoms with Crippen molar-refractivity contribution in [1.29, 1.82) is 0 Å². The Kier molecular flexibility index (Phi) is 5.60. The van der Waals surface area contributed by atoms with E-state index in [9.17, 15) is 9.59 Å². The van der Waals surface area contributed by atoms with Crippen LogP contribution in [0.4, 0.5) is 0 Å². The third-order valence-electron chi connectivity index (χ3n) is 4.47. The monoisotopic (exact) mass is 365 g/mol. The van der Waals surface area contributed by atoms with E-state index < -0.39 is 5.97 Å². The zero-order valence-corrected chi connectivity index (χ0v) is 15.8. The zero-order chi connectivity index (χ0) is 19.4. The highest BCUT2D eigenvalue weighted by atomic mass is 16.5. The highest BCUT2D eigenvalue weighted by molar-refractivity contribution is 5.87. The molecule has 0 bridgehead atoms. The Morgan fingerprint density at radius 1 is 1.04 bits per heavy atom. The number of carbonyl (C=O) groups excluding carboxylic acids is 2. The first-order chi connectivity index (χ1) is 12.9. The van der Waals surface area contributed by atoms with Crippen molar-refractivity contribution in [3.63, 3.8) is 0 Å². The molecule has 0 aliphatic carbocycles. The number of rotatable bonds is 6. The first kappa shape index (κ1) is 18.7. The number of ether oxygens (including phenoxy) is 1. The van der Waals surface area contributed by atoms with E-state index in [1.165, 1.54) is 5.56 Å². The Labute approximate surface area is 158 Å². The predicted octanol–water partition coefficient (Wildman–Crippen LogP) is 3.79. The highest BCUT2D eigenvalue weighted by Crippen LogP contribution is 2.22. The Morgan fingerprint density at radius 2 is 1.74 bits per heavy atom. The maximum absolute atomic E-state index is 12.2. The molecule has 3 rings (SSSR count). The fraction of sp³-hybridized carbons (Fsp3) is 0.273. The van der Waals surface area contributed by atoms with Crippen molar-refractivity contribution < 1.29 is 18.7 Å². The summed E-state index contributed by atoms with van der Waals surface area (Å²) in [6, 6.07) is 13.8. The molecule has 2 aromatic carbocycles. The Bertz CT molecular complexity index is 956. The second-order valence-electron chi connectivity index (χ2n) is 6.83. The number of hydrogen-bond donors (Lipinski definition) is 0. The van der Waals surface area contributed by atoms with Crippen molar-refractivity contribution in [3.05, 3.63) is 71.0 Å². The molecule has 1 amide bonds. The van der Waals surface area contributed by atoms with Gasteiger partial charge >= 0.3 is 5.97 Å². The van der Waals surface area contributed by atoms with Crippen LogP contribution in [0.2, 0.25) is 0 Å². The van der Waals surface area contributed by atoms with E-state index in [0.29, 0.717) is 6.54 Å². The molecule has 5 heteroatoms. The molecule has 0 fully saturated rings. The molecule has 0 N–H and O–H groups in total. The van der Waals surface area contributed by atoms with E-state index in [0.717, 1.165) is 27.7 Å². The van der Waals surface area contributed by atoms with Gasteiger partial charge in [-0.15, -0.1) is 0 Å². The van der Waals surface area contributed by atoms with Crippen molar-refractivity contribution in [3.8, 4) is 0 Å². The molecule has 140 valence electrons. The normalized spacial score (nSPS) is 10.8. The minimum absolute atomic E-state index is 0.0744. The van der Waals surface area contributed by atoms with E-state index in [-0.39, 0.29) is 18.9 Å². The third-order valence-corrected chi connectivity index (χ3v) is 4.47. The number of likely N-dealkylation sites (N-methyl/N-ethyl adjacent to an activating group) is 1. The van der Waals surface area contributed by atoms with Gasteiger partial charge in [0.25, 0.3) is 5.91 Å². The van der Waals surface area contributed by atoms with Crippen molar-refractivity contribution >= 4 is 22.8 Å². The van der Waals surface area contributed by atoms with Crippen LogP contribution >= 0.6 is 0 Å². The molecule has 3 aromatic rings. The number of hydrogen-bond acceptors (Lipinski definition) is 4. The lowest BCUT2D eigenvalue weighted by Crippen LogP contribution is -2.31. The standard InChI is InChI=1S/C22H23NO4/c1-15-4-7-17(8-5-15)12-23(3)21(24)14-27-22(25)11-18-13-26-20-10-16(2)6-9-19(18)20/h4-10,13H,11-12,14H2,1-3H3. The number of carbonyl (C=O) groups is 2. The van der Waals surface area contributed by atoms with Gasteiger partial charge in [0.15, 0.2) is 6.61 Å². The Hall–Kier alpha value is -3.08. The number of furan rings is 1. The van der Waals surface area contributed by atoms with Gasteiger partial charge in [-0.3, -0.25) is 9.59 Å². The predicted molar refractivity (Wildman–Crippen MR) is 103 cm³/mol. The molecule has 27 heavy (non-hydrogen) atoms. The van der Waals surface area contributed by atoms with Crippen LogP contribution in [0.3, 0.4) is 0 Å². The number of fused-ring (bicyclic) bond motifs is 1. The molecule has 5 nitrogen and oxygen atoms in total. The minimum Gasteiger partial charge on any atom is -0.464 e. The third kappa shape index (κ3) is 4.76. The van der Waals surface area contributed by atoms with Crippen LogP contribution in [-0.2, 0) is 27.3 Å². The number of benzene rings is 2. The van der Waals surface area contributed by atoms with E-state index in [2.05, 4.69) is 0 Å². The first-order valence-electron chi connectivity index (χ1n) is 8.84. The number of aryl methyl sites for hydroxylation is 2. The van der Waals surface area contributed by atoms with Crippen LogP contribution in [0.1, 0.15) is 22.3 Å². The van der Waals surface area contributed by atoms with Crippen molar-refractivity contribution in [2.45, 2.75) is 26.8 Å². The number of amides is 1. The molecule has 0 saturated heterocycles. The maximum atomic E-state index is 12.2. The lowest BCUT2D eigenvalue weighted by Gasteiger charge is -2.17. The summed E-state index contributed by atoms with van der Waals surface area (Å²) in [5.74, 6) is -0.688. The van der Waals surface area contributed by atoms with Crippen LogP contribution in [0.25, 0.3) is 11.0 Å². The molecule has 0 aliphatic rings. The van der Waals surface area contributed by atoms with E-state index >= 15 is 0 Å². The fourth-order valence-corrected chi connectivity index (χ4v) is 2.84. The molecular formula is C22H23NO4. The number of nitrogens with zero attached hydrogens (tertiary/aromatic N) is 1. The molecular weight excluding hydrogens is 342 g/mol. The highest BCUT2D eigenvalue weighted by Gasteiger charge is 2.15. The molecule has 0 aliphatic heterocycles. The van der Waals surface area contributed by atoms with Gasteiger partial charge in [0.2, 0.25) is 0 Å². The van der Waals surface area contributed by atoms with Crippen molar-refractivity contribution in [2.24, 2.45) is 0 Å². The van der Waals surface area contributed by atoms with E-state index in [4.69, 9.17) is 9.15 Å². The summed E-state index contributed by atoms with van der Waals surface area (Å²) in [5.41, 5.74) is 4.79. The Balaban J connectivity index is 1.51. The van der Waals surface area contributed by atoms with Gasteiger partial charge in [-0.25, -0.2) is 0 Å². The molecule has 1 aromatic heterocycles. The summed E-state index contributed by atoms with van der Waals surface area (Å²) in [5, 5.41) is 0.889. The second kappa shape index (κ2) is 8.08. The van der Waals surface area contributed by atoms with Gasteiger partial charge in [0, 0.05) is 24.5 Å². The van der Waals surface area contributed by atoms with Gasteiger partial charge in [-0.2, -0.15) is 0 Å². The van der Waals surface area contributed by atoms with Gasteiger partial charge in [0.05, 0.1) is 12.7 Å². The van der Waals surface area contributed by atoms with E-state index in [1.54, 1.807) is 18.2 Å². The number of esters is 1. The molecule has 0 spiro atoms. The summed E-state index contributed by atoms with van der Waals surface area (Å²) >= 11 is 0. The van der Waals surface area contributed by atoms with Crippen molar-refractivity contribution in [1.82, 2.24) is 4.90 Å². The second-order valence-corrected chi connectivity index (χ2v) is 6.83. The summed E-state index contributed by atoms with van der Waals surface area (Å²) in [6.45, 7) is 4.20. The van der Waals surface area contributed by atoms with Crippen molar-refractivity contribution in [2.75, 3.05) is 13.7 Å². The van der Waals surface area contributed by atoms with Gasteiger partial charge in [0.1, 0.15) is 5.58 Å². The minimum atomic E-state index is -0.449. The van der Waals surface area contributed by atoms with Gasteiger partial charge in [-0.05, 0) is 31.0 Å². The van der Waals surface area contributed by atoms with Gasteiger partial charge in [-0.1, -0.05) is 42.0 Å². The molecule has 0 unspecified atom stereocenters.